The lowest BCUT2D eigenvalue weighted by molar-refractivity contribution is -0.140. The average Bonchev–Trinajstić information content (AvgIpc) is 2.88. The number of carbonyl (C=O) groups excluding carboxylic acids is 2. The smallest absolute Gasteiger partial charge is 0.264 e. The minimum Gasteiger partial charge on any atom is -0.357 e. The van der Waals surface area contributed by atoms with Crippen LogP contribution in [0.1, 0.15) is 30.0 Å². The third-order valence-electron chi connectivity index (χ3n) is 6.11. The largest absolute Gasteiger partial charge is 0.357 e. The minimum absolute atomic E-state index is 0.0717. The number of hydrogen-bond donors (Lipinski definition) is 1. The number of rotatable bonds is 10. The Bertz CT molecular complexity index is 1340. The quantitative estimate of drug-likeness (QED) is 0.430. The van der Waals surface area contributed by atoms with Crippen molar-refractivity contribution in [1.29, 1.82) is 0 Å². The van der Waals surface area contributed by atoms with Crippen molar-refractivity contribution in [1.82, 2.24) is 10.2 Å². The van der Waals surface area contributed by atoms with E-state index >= 15 is 0 Å². The fourth-order valence-corrected chi connectivity index (χ4v) is 5.40. The molecule has 0 aliphatic carbocycles. The molecule has 1 unspecified atom stereocenters. The summed E-state index contributed by atoms with van der Waals surface area (Å²) in [7, 11) is -2.83. The topological polar surface area (TPSA) is 86.8 Å². The van der Waals surface area contributed by atoms with Crippen LogP contribution in [0, 0.1) is 19.7 Å². The molecule has 0 fully saturated rings. The monoisotopic (exact) mass is 525 g/mol. The lowest BCUT2D eigenvalue weighted by Crippen LogP contribution is -2.51. The third kappa shape index (κ3) is 6.54. The fraction of sp³-hybridized carbons (Fsp3) is 0.286. The number of halogens is 1. The van der Waals surface area contributed by atoms with Crippen molar-refractivity contribution in [2.45, 2.75) is 44.7 Å². The average molecular weight is 526 g/mol. The van der Waals surface area contributed by atoms with E-state index < -0.39 is 34.3 Å². The molecule has 1 N–H and O–H groups in total. The summed E-state index contributed by atoms with van der Waals surface area (Å²) in [5.74, 6) is -1.79. The van der Waals surface area contributed by atoms with Crippen LogP contribution in [0.15, 0.2) is 77.7 Å². The Morgan fingerprint density at radius 3 is 2.03 bits per heavy atom. The maximum Gasteiger partial charge on any atom is 0.264 e. The van der Waals surface area contributed by atoms with Crippen LogP contribution in [0.2, 0.25) is 0 Å². The van der Waals surface area contributed by atoms with Crippen molar-refractivity contribution in [3.05, 3.63) is 95.3 Å². The summed E-state index contributed by atoms with van der Waals surface area (Å²) < 4.78 is 43.0. The molecule has 2 amide bonds. The first-order chi connectivity index (χ1) is 17.6. The van der Waals surface area contributed by atoms with Crippen LogP contribution in [0.3, 0.4) is 0 Å². The number of carbonyl (C=O) groups is 2. The van der Waals surface area contributed by atoms with Gasteiger partial charge in [-0.25, -0.2) is 12.8 Å². The minimum atomic E-state index is -4.31. The molecule has 1 atom stereocenters. The fourth-order valence-electron chi connectivity index (χ4n) is 3.98. The molecule has 0 saturated heterocycles. The summed E-state index contributed by atoms with van der Waals surface area (Å²) in [6, 6.07) is 18.2. The van der Waals surface area contributed by atoms with Gasteiger partial charge >= 0.3 is 0 Å². The summed E-state index contributed by atoms with van der Waals surface area (Å²) in [5, 5.41) is 2.58. The van der Waals surface area contributed by atoms with Crippen molar-refractivity contribution in [2.75, 3.05) is 17.9 Å². The van der Waals surface area contributed by atoms with Gasteiger partial charge in [0.2, 0.25) is 11.8 Å². The van der Waals surface area contributed by atoms with E-state index in [0.29, 0.717) is 6.42 Å². The number of amides is 2. The molecular formula is C28H32FN3O4S. The van der Waals surface area contributed by atoms with Gasteiger partial charge in [-0.1, -0.05) is 66.6 Å². The maximum atomic E-state index is 14.9. The second-order valence-corrected chi connectivity index (χ2v) is 10.7. The number of hydrogen-bond acceptors (Lipinski definition) is 4. The lowest BCUT2D eigenvalue weighted by atomic mass is 10.1. The Morgan fingerprint density at radius 1 is 0.919 bits per heavy atom. The normalized spacial score (nSPS) is 12.0. The van der Waals surface area contributed by atoms with E-state index in [-0.39, 0.29) is 23.0 Å². The van der Waals surface area contributed by atoms with Gasteiger partial charge in [-0.05, 0) is 50.1 Å². The molecular weight excluding hydrogens is 493 g/mol. The van der Waals surface area contributed by atoms with E-state index in [2.05, 4.69) is 5.32 Å². The van der Waals surface area contributed by atoms with Crippen molar-refractivity contribution in [3.8, 4) is 0 Å². The summed E-state index contributed by atoms with van der Waals surface area (Å²) in [6.45, 7) is 4.93. The first kappa shape index (κ1) is 27.9. The van der Waals surface area contributed by atoms with Crippen molar-refractivity contribution in [3.63, 3.8) is 0 Å². The Morgan fingerprint density at radius 2 is 1.49 bits per heavy atom. The van der Waals surface area contributed by atoms with E-state index in [9.17, 15) is 22.4 Å². The van der Waals surface area contributed by atoms with Gasteiger partial charge in [-0.15, -0.1) is 0 Å². The molecule has 0 aliphatic rings. The predicted octanol–water partition coefficient (Wildman–Crippen LogP) is 4.19. The molecule has 0 aliphatic heterocycles. The zero-order valence-electron chi connectivity index (χ0n) is 21.4. The van der Waals surface area contributed by atoms with Gasteiger partial charge in [-0.2, -0.15) is 0 Å². The summed E-state index contributed by atoms with van der Waals surface area (Å²) in [4.78, 5) is 27.8. The highest BCUT2D eigenvalue weighted by Crippen LogP contribution is 2.27. The molecule has 0 bridgehead atoms. The standard InChI is InChI=1S/C28H32FN3O4S/c1-5-25(28(34)30-4)31(18-22-14-10-20(2)11-15-22)27(33)19-32(26-9-7-6-8-24(26)29)37(35,36)23-16-12-21(3)13-17-23/h6-17,25H,5,18-19H2,1-4H3,(H,30,34). The zero-order chi connectivity index (χ0) is 27.2. The maximum absolute atomic E-state index is 14.9. The molecule has 196 valence electrons. The number of nitrogens with zero attached hydrogens (tertiary/aromatic N) is 2. The SMILES string of the molecule is CCC(C(=O)NC)N(Cc1ccc(C)cc1)C(=O)CN(c1ccccc1F)S(=O)(=O)c1ccc(C)cc1. The molecule has 37 heavy (non-hydrogen) atoms. The zero-order valence-corrected chi connectivity index (χ0v) is 22.3. The Balaban J connectivity index is 2.06. The van der Waals surface area contributed by atoms with Crippen LogP contribution >= 0.6 is 0 Å². The molecule has 0 spiro atoms. The molecule has 3 aromatic rings. The number of benzene rings is 3. The Hall–Kier alpha value is -3.72. The first-order valence-electron chi connectivity index (χ1n) is 12.0. The van der Waals surface area contributed by atoms with Crippen molar-refractivity contribution >= 4 is 27.5 Å². The van der Waals surface area contributed by atoms with Crippen LogP contribution in [-0.4, -0.2) is 44.8 Å². The molecule has 7 nitrogen and oxygen atoms in total. The Kier molecular flexibility index (Phi) is 9.04. The molecule has 3 rings (SSSR count). The summed E-state index contributed by atoms with van der Waals surface area (Å²) in [6.07, 6.45) is 0.307. The third-order valence-corrected chi connectivity index (χ3v) is 7.89. The summed E-state index contributed by atoms with van der Waals surface area (Å²) in [5.41, 5.74) is 2.42. The van der Waals surface area contributed by atoms with E-state index in [1.165, 1.54) is 42.3 Å². The lowest BCUT2D eigenvalue weighted by Gasteiger charge is -2.33. The van der Waals surface area contributed by atoms with E-state index in [0.717, 1.165) is 27.1 Å². The highest BCUT2D eigenvalue weighted by molar-refractivity contribution is 7.92. The second kappa shape index (κ2) is 12.0. The van der Waals surface area contributed by atoms with Crippen LogP contribution in [0.25, 0.3) is 0 Å². The van der Waals surface area contributed by atoms with Crippen molar-refractivity contribution < 1.29 is 22.4 Å². The van der Waals surface area contributed by atoms with Gasteiger partial charge in [-0.3, -0.25) is 13.9 Å². The van der Waals surface area contributed by atoms with Gasteiger partial charge in [0.05, 0.1) is 10.6 Å². The second-order valence-electron chi connectivity index (χ2n) is 8.82. The molecule has 9 heteroatoms. The molecule has 0 radical (unpaired) electrons. The number of sulfonamides is 1. The van der Waals surface area contributed by atoms with Gasteiger partial charge in [0.25, 0.3) is 10.0 Å². The van der Waals surface area contributed by atoms with Crippen LogP contribution < -0.4 is 9.62 Å². The van der Waals surface area contributed by atoms with Crippen LogP contribution in [-0.2, 0) is 26.2 Å². The van der Waals surface area contributed by atoms with Gasteiger partial charge in [0, 0.05) is 13.6 Å². The van der Waals surface area contributed by atoms with Crippen LogP contribution in [0.5, 0.6) is 0 Å². The highest BCUT2D eigenvalue weighted by atomic mass is 32.2. The molecule has 0 saturated carbocycles. The number of aryl methyl sites for hydroxylation is 2. The molecule has 0 heterocycles. The van der Waals surface area contributed by atoms with Crippen molar-refractivity contribution in [2.24, 2.45) is 0 Å². The number of anilines is 1. The van der Waals surface area contributed by atoms with Gasteiger partial charge in [0.15, 0.2) is 0 Å². The molecule has 0 aromatic heterocycles. The first-order valence-corrected chi connectivity index (χ1v) is 13.4. The predicted molar refractivity (Wildman–Crippen MR) is 142 cm³/mol. The van der Waals surface area contributed by atoms with Crippen LogP contribution in [0.4, 0.5) is 10.1 Å². The number of para-hydroxylation sites is 1. The van der Waals surface area contributed by atoms with E-state index in [1.54, 1.807) is 19.1 Å². The van der Waals surface area contributed by atoms with Gasteiger partial charge < -0.3 is 10.2 Å². The number of nitrogens with one attached hydrogen (secondary N) is 1. The van der Waals surface area contributed by atoms with Gasteiger partial charge in [0.1, 0.15) is 18.4 Å². The highest BCUT2D eigenvalue weighted by Gasteiger charge is 2.34. The van der Waals surface area contributed by atoms with E-state index in [1.807, 2.05) is 38.1 Å². The van der Waals surface area contributed by atoms with E-state index in [4.69, 9.17) is 0 Å². The molecule has 3 aromatic carbocycles. The number of likely N-dealkylation sites (N-methyl/N-ethyl adjacent to an activating group) is 1. The Labute approximate surface area is 218 Å². The summed E-state index contributed by atoms with van der Waals surface area (Å²) >= 11 is 0.